The number of halogens is 3. The standard InChI is InChI=1S/C4H4F3N/c1-2-3-8-4(5,6)7/h1,8H,3H2. The maximum atomic E-state index is 11.0. The van der Waals surface area contributed by atoms with Crippen molar-refractivity contribution in [3.63, 3.8) is 0 Å². The van der Waals surface area contributed by atoms with Crippen molar-refractivity contribution in [2.75, 3.05) is 6.54 Å². The quantitative estimate of drug-likeness (QED) is 0.400. The van der Waals surface area contributed by atoms with Gasteiger partial charge in [0.1, 0.15) is 0 Å². The summed E-state index contributed by atoms with van der Waals surface area (Å²) in [5, 5.41) is 1.14. The van der Waals surface area contributed by atoms with Crippen LogP contribution in [0.4, 0.5) is 13.2 Å². The van der Waals surface area contributed by atoms with Gasteiger partial charge in [-0.2, -0.15) is 13.2 Å². The van der Waals surface area contributed by atoms with Crippen LogP contribution in [0.5, 0.6) is 0 Å². The fourth-order valence-corrected chi connectivity index (χ4v) is 0.151. The zero-order valence-corrected chi connectivity index (χ0v) is 3.92. The van der Waals surface area contributed by atoms with Gasteiger partial charge in [-0.05, 0) is 0 Å². The van der Waals surface area contributed by atoms with Gasteiger partial charge in [0.2, 0.25) is 0 Å². The van der Waals surface area contributed by atoms with Crippen molar-refractivity contribution in [3.05, 3.63) is 0 Å². The van der Waals surface area contributed by atoms with Gasteiger partial charge in [0.25, 0.3) is 0 Å². The highest BCUT2D eigenvalue weighted by atomic mass is 19.4. The van der Waals surface area contributed by atoms with Crippen LogP contribution in [0.15, 0.2) is 0 Å². The Bertz CT molecular complexity index is 98.8. The van der Waals surface area contributed by atoms with Gasteiger partial charge in [0, 0.05) is 0 Å². The van der Waals surface area contributed by atoms with Crippen LogP contribution in [0.1, 0.15) is 0 Å². The van der Waals surface area contributed by atoms with Gasteiger partial charge < -0.3 is 0 Å². The van der Waals surface area contributed by atoms with Gasteiger partial charge in [-0.3, -0.25) is 0 Å². The minimum atomic E-state index is -4.34. The molecule has 0 saturated carbocycles. The lowest BCUT2D eigenvalue weighted by molar-refractivity contribution is -0.154. The molecule has 1 nitrogen and oxygen atoms in total. The fraction of sp³-hybridized carbons (Fsp3) is 0.500. The predicted molar refractivity (Wildman–Crippen MR) is 22.9 cm³/mol. The molecular weight excluding hydrogens is 119 g/mol. The minimum absolute atomic E-state index is 0.469. The highest BCUT2D eigenvalue weighted by Crippen LogP contribution is 2.07. The van der Waals surface area contributed by atoms with Crippen LogP contribution in [0.3, 0.4) is 0 Å². The number of nitrogens with one attached hydrogen (secondary N) is 1. The molecule has 0 heterocycles. The summed E-state index contributed by atoms with van der Waals surface area (Å²) < 4.78 is 33.1. The molecule has 0 fully saturated rings. The van der Waals surface area contributed by atoms with E-state index in [9.17, 15) is 13.2 Å². The number of hydrogen-bond acceptors (Lipinski definition) is 1. The Balaban J connectivity index is 3.28. The minimum Gasteiger partial charge on any atom is -0.217 e. The van der Waals surface area contributed by atoms with Crippen LogP contribution in [0, 0.1) is 12.3 Å². The molecule has 0 aliphatic carbocycles. The molecule has 0 atom stereocenters. The Kier molecular flexibility index (Phi) is 2.35. The number of terminal acetylenes is 1. The van der Waals surface area contributed by atoms with Crippen molar-refractivity contribution in [1.82, 2.24) is 5.32 Å². The van der Waals surface area contributed by atoms with Crippen LogP contribution in [0.2, 0.25) is 0 Å². The molecule has 0 spiro atoms. The lowest BCUT2D eigenvalue weighted by atomic mass is 10.7. The van der Waals surface area contributed by atoms with Crippen LogP contribution in [0.25, 0.3) is 0 Å². The van der Waals surface area contributed by atoms with Gasteiger partial charge in [-0.15, -0.1) is 6.42 Å². The smallest absolute Gasteiger partial charge is 0.217 e. The Labute approximate surface area is 44.9 Å². The Morgan fingerprint density at radius 3 is 2.12 bits per heavy atom. The molecule has 0 amide bonds. The third-order valence-electron chi connectivity index (χ3n) is 0.391. The topological polar surface area (TPSA) is 12.0 Å². The fourth-order valence-electron chi connectivity index (χ4n) is 0.151. The maximum absolute atomic E-state index is 11.0. The molecule has 46 valence electrons. The highest BCUT2D eigenvalue weighted by molar-refractivity contribution is 4.86. The summed E-state index contributed by atoms with van der Waals surface area (Å²) in [7, 11) is 0. The van der Waals surface area contributed by atoms with Gasteiger partial charge >= 0.3 is 6.30 Å². The number of rotatable bonds is 1. The molecule has 8 heavy (non-hydrogen) atoms. The van der Waals surface area contributed by atoms with Crippen molar-refractivity contribution in [2.45, 2.75) is 6.30 Å². The predicted octanol–water partition coefficient (Wildman–Crippen LogP) is 0.729. The molecule has 0 radical (unpaired) electrons. The van der Waals surface area contributed by atoms with Crippen LogP contribution in [-0.2, 0) is 0 Å². The van der Waals surface area contributed by atoms with E-state index in [2.05, 4.69) is 6.42 Å². The zero-order valence-electron chi connectivity index (χ0n) is 3.92. The third-order valence-corrected chi connectivity index (χ3v) is 0.391. The summed E-state index contributed by atoms with van der Waals surface area (Å²) in [6, 6.07) is 0. The van der Waals surface area contributed by atoms with Crippen molar-refractivity contribution in [1.29, 1.82) is 0 Å². The van der Waals surface area contributed by atoms with E-state index in [1.54, 1.807) is 5.92 Å². The summed E-state index contributed by atoms with van der Waals surface area (Å²) in [6.45, 7) is -0.469. The summed E-state index contributed by atoms with van der Waals surface area (Å²) in [4.78, 5) is 0. The first-order chi connectivity index (χ1) is 3.56. The van der Waals surface area contributed by atoms with Crippen molar-refractivity contribution >= 4 is 0 Å². The van der Waals surface area contributed by atoms with Gasteiger partial charge in [-0.1, -0.05) is 5.92 Å². The first-order valence-corrected chi connectivity index (χ1v) is 1.81. The average Bonchev–Trinajstić information content (AvgIpc) is 1.59. The van der Waals surface area contributed by atoms with E-state index in [1.807, 2.05) is 0 Å². The SMILES string of the molecule is C#CCNC(F)(F)F. The van der Waals surface area contributed by atoms with E-state index in [-0.39, 0.29) is 0 Å². The van der Waals surface area contributed by atoms with E-state index in [0.717, 1.165) is 5.32 Å². The Hall–Kier alpha value is -0.690. The molecule has 0 aromatic rings. The summed E-state index contributed by atoms with van der Waals surface area (Å²) in [5.41, 5.74) is 0. The molecule has 0 aromatic heterocycles. The monoisotopic (exact) mass is 123 g/mol. The van der Waals surface area contributed by atoms with Crippen molar-refractivity contribution < 1.29 is 13.2 Å². The van der Waals surface area contributed by atoms with E-state index in [4.69, 9.17) is 0 Å². The molecule has 0 aliphatic rings. The van der Waals surface area contributed by atoms with Crippen LogP contribution < -0.4 is 5.32 Å². The van der Waals surface area contributed by atoms with Crippen molar-refractivity contribution in [2.24, 2.45) is 0 Å². The second-order valence-corrected chi connectivity index (χ2v) is 1.06. The van der Waals surface area contributed by atoms with Gasteiger partial charge in [-0.25, -0.2) is 5.32 Å². The summed E-state index contributed by atoms with van der Waals surface area (Å²) in [6.07, 6.45) is 0.182. The first-order valence-electron chi connectivity index (χ1n) is 1.81. The largest absolute Gasteiger partial charge is 0.458 e. The molecule has 0 aromatic carbocycles. The van der Waals surface area contributed by atoms with E-state index in [1.165, 1.54) is 0 Å². The molecule has 4 heteroatoms. The Morgan fingerprint density at radius 1 is 1.50 bits per heavy atom. The molecule has 0 bridgehead atoms. The lowest BCUT2D eigenvalue weighted by Crippen LogP contribution is -2.31. The molecule has 1 N–H and O–H groups in total. The van der Waals surface area contributed by atoms with Crippen LogP contribution in [-0.4, -0.2) is 12.8 Å². The van der Waals surface area contributed by atoms with Crippen molar-refractivity contribution in [3.8, 4) is 12.3 Å². The van der Waals surface area contributed by atoms with Gasteiger partial charge in [0.15, 0.2) is 0 Å². The summed E-state index contributed by atoms with van der Waals surface area (Å²) in [5.74, 6) is 1.79. The zero-order chi connectivity index (χ0) is 6.62. The van der Waals surface area contributed by atoms with Gasteiger partial charge in [0.05, 0.1) is 6.54 Å². The number of hydrogen-bond donors (Lipinski definition) is 1. The normalized spacial score (nSPS) is 10.8. The van der Waals surface area contributed by atoms with Crippen LogP contribution >= 0.6 is 0 Å². The third kappa shape index (κ3) is 5.31. The molecular formula is C4H4F3N. The van der Waals surface area contributed by atoms with E-state index < -0.39 is 12.8 Å². The lowest BCUT2D eigenvalue weighted by Gasteiger charge is -2.02. The second-order valence-electron chi connectivity index (χ2n) is 1.06. The van der Waals surface area contributed by atoms with E-state index >= 15 is 0 Å². The summed E-state index contributed by atoms with van der Waals surface area (Å²) >= 11 is 0. The Morgan fingerprint density at radius 2 is 2.00 bits per heavy atom. The molecule has 0 aliphatic heterocycles. The van der Waals surface area contributed by atoms with E-state index in [0.29, 0.717) is 0 Å². The maximum Gasteiger partial charge on any atom is 0.458 e. The molecule has 0 unspecified atom stereocenters. The second kappa shape index (κ2) is 2.58. The first kappa shape index (κ1) is 7.31. The average molecular weight is 123 g/mol. The number of alkyl halides is 3. The molecule has 0 saturated heterocycles. The highest BCUT2D eigenvalue weighted by Gasteiger charge is 2.24. The molecule has 0 rings (SSSR count).